The van der Waals surface area contributed by atoms with Gasteiger partial charge in [-0.2, -0.15) is 0 Å². The minimum atomic E-state index is -1.27. The van der Waals surface area contributed by atoms with Gasteiger partial charge in [0.1, 0.15) is 24.7 Å². The first-order valence-corrected chi connectivity index (χ1v) is 11.8. The van der Waals surface area contributed by atoms with Gasteiger partial charge in [-0.25, -0.2) is 0 Å². The van der Waals surface area contributed by atoms with E-state index in [4.69, 9.17) is 10.8 Å². The quantitative estimate of drug-likeness (QED) is 0.177. The van der Waals surface area contributed by atoms with Crippen LogP contribution in [-0.4, -0.2) is 69.7 Å². The lowest BCUT2D eigenvalue weighted by Crippen LogP contribution is -2.58. The molecule has 0 radical (unpaired) electrons. The predicted molar refractivity (Wildman–Crippen MR) is 136 cm³/mol. The van der Waals surface area contributed by atoms with Crippen LogP contribution in [0.2, 0.25) is 0 Å². The number of aliphatic hydroxyl groups excluding tert-OH is 1. The van der Waals surface area contributed by atoms with Crippen LogP contribution >= 0.6 is 0 Å². The molecule has 8 N–H and O–H groups in total. The number of hydrogen-bond acceptors (Lipinski definition) is 6. The van der Waals surface area contributed by atoms with Crippen LogP contribution in [0, 0.1) is 0 Å². The molecule has 0 aliphatic heterocycles. The van der Waals surface area contributed by atoms with Gasteiger partial charge < -0.3 is 36.9 Å². The number of carbonyl (C=O) groups is 4. The largest absolute Gasteiger partial charge is 0.480 e. The zero-order valence-corrected chi connectivity index (χ0v) is 20.3. The summed E-state index contributed by atoms with van der Waals surface area (Å²) in [6.07, 6.45) is 0.749. The number of benzene rings is 2. The minimum Gasteiger partial charge on any atom is -0.480 e. The minimum absolute atomic E-state index is 0.0723. The summed E-state index contributed by atoms with van der Waals surface area (Å²) in [6, 6.07) is 12.9. The first kappa shape index (κ1) is 27.4. The van der Waals surface area contributed by atoms with Gasteiger partial charge in [0.15, 0.2) is 0 Å². The zero-order chi connectivity index (χ0) is 26.9. The van der Waals surface area contributed by atoms with Crippen molar-refractivity contribution in [3.63, 3.8) is 0 Å². The molecule has 0 aliphatic carbocycles. The molecule has 3 rings (SSSR count). The number of aromatic amines is 1. The Hall–Kier alpha value is -4.22. The average Bonchev–Trinajstić information content (AvgIpc) is 3.29. The number of amides is 3. The predicted octanol–water partition coefficient (Wildman–Crippen LogP) is -0.168. The third-order valence-electron chi connectivity index (χ3n) is 5.88. The van der Waals surface area contributed by atoms with Gasteiger partial charge >= 0.3 is 5.97 Å². The number of aromatic nitrogens is 1. The Labute approximate surface area is 213 Å². The van der Waals surface area contributed by atoms with Crippen molar-refractivity contribution in [2.45, 2.75) is 44.0 Å². The van der Waals surface area contributed by atoms with Crippen LogP contribution in [0.1, 0.15) is 18.1 Å². The molecule has 0 saturated heterocycles. The maximum absolute atomic E-state index is 13.4. The summed E-state index contributed by atoms with van der Waals surface area (Å²) >= 11 is 0. The van der Waals surface area contributed by atoms with E-state index in [1.807, 2.05) is 24.3 Å². The number of nitrogens with one attached hydrogen (secondary N) is 4. The summed E-state index contributed by atoms with van der Waals surface area (Å²) in [5.74, 6) is -3.31. The van der Waals surface area contributed by atoms with Gasteiger partial charge in [0.2, 0.25) is 17.7 Å². The maximum Gasteiger partial charge on any atom is 0.322 e. The molecule has 0 fully saturated rings. The van der Waals surface area contributed by atoms with Crippen LogP contribution in [-0.2, 0) is 32.0 Å². The number of aliphatic carboxylic acids is 1. The summed E-state index contributed by atoms with van der Waals surface area (Å²) < 4.78 is 0. The first-order chi connectivity index (χ1) is 17.7. The highest BCUT2D eigenvalue weighted by Crippen LogP contribution is 2.19. The molecule has 0 bridgehead atoms. The molecular formula is C26H31N5O6. The number of carboxylic acids is 1. The van der Waals surface area contributed by atoms with E-state index in [0.29, 0.717) is 0 Å². The zero-order valence-electron chi connectivity index (χ0n) is 20.3. The molecule has 1 heterocycles. The van der Waals surface area contributed by atoms with E-state index in [9.17, 15) is 24.3 Å². The Morgan fingerprint density at radius 2 is 1.51 bits per heavy atom. The number of nitrogens with two attached hydrogens (primary N) is 1. The Morgan fingerprint density at radius 3 is 2.19 bits per heavy atom. The number of hydrogen-bond donors (Lipinski definition) is 7. The number of para-hydroxylation sites is 1. The van der Waals surface area contributed by atoms with Gasteiger partial charge in [-0.3, -0.25) is 19.2 Å². The van der Waals surface area contributed by atoms with Crippen LogP contribution in [0.25, 0.3) is 10.9 Å². The topological polar surface area (TPSA) is 187 Å². The third-order valence-corrected chi connectivity index (χ3v) is 5.88. The van der Waals surface area contributed by atoms with Crippen LogP contribution in [0.5, 0.6) is 0 Å². The lowest BCUT2D eigenvalue weighted by Gasteiger charge is -2.25. The van der Waals surface area contributed by atoms with Crippen molar-refractivity contribution in [3.05, 3.63) is 71.9 Å². The van der Waals surface area contributed by atoms with Crippen LogP contribution in [0.15, 0.2) is 60.8 Å². The monoisotopic (exact) mass is 509 g/mol. The molecule has 196 valence electrons. The first-order valence-electron chi connectivity index (χ1n) is 11.8. The second kappa shape index (κ2) is 12.7. The van der Waals surface area contributed by atoms with E-state index in [2.05, 4.69) is 20.9 Å². The van der Waals surface area contributed by atoms with Gasteiger partial charge in [-0.05, 0) is 24.1 Å². The molecule has 3 amide bonds. The average molecular weight is 510 g/mol. The van der Waals surface area contributed by atoms with E-state index < -0.39 is 54.5 Å². The van der Waals surface area contributed by atoms with Gasteiger partial charge in [-0.15, -0.1) is 0 Å². The fourth-order valence-corrected chi connectivity index (χ4v) is 3.83. The van der Waals surface area contributed by atoms with Crippen molar-refractivity contribution in [1.82, 2.24) is 20.9 Å². The summed E-state index contributed by atoms with van der Waals surface area (Å²) in [4.78, 5) is 53.0. The van der Waals surface area contributed by atoms with Crippen molar-refractivity contribution in [2.24, 2.45) is 5.73 Å². The highest BCUT2D eigenvalue weighted by molar-refractivity contribution is 5.94. The molecule has 11 heteroatoms. The third kappa shape index (κ3) is 7.63. The Bertz CT molecular complexity index is 1240. The van der Waals surface area contributed by atoms with Crippen molar-refractivity contribution in [1.29, 1.82) is 0 Å². The van der Waals surface area contributed by atoms with Gasteiger partial charge in [0, 0.05) is 29.9 Å². The molecule has 11 nitrogen and oxygen atoms in total. The van der Waals surface area contributed by atoms with E-state index in [1.165, 1.54) is 6.92 Å². The molecule has 0 saturated carbocycles. The van der Waals surface area contributed by atoms with E-state index in [0.717, 1.165) is 22.0 Å². The van der Waals surface area contributed by atoms with Crippen LogP contribution in [0.3, 0.4) is 0 Å². The molecule has 2 aromatic carbocycles. The fraction of sp³-hybridized carbons (Fsp3) is 0.308. The normalized spacial score (nSPS) is 14.2. The van der Waals surface area contributed by atoms with Gasteiger partial charge in [0.25, 0.3) is 0 Å². The maximum atomic E-state index is 13.4. The second-order valence-electron chi connectivity index (χ2n) is 8.75. The molecular weight excluding hydrogens is 478 g/mol. The number of rotatable bonds is 12. The summed E-state index contributed by atoms with van der Waals surface area (Å²) in [5.41, 5.74) is 8.11. The smallest absolute Gasteiger partial charge is 0.322 e. The number of fused-ring (bicyclic) bond motifs is 1. The number of carbonyl (C=O) groups excluding carboxylic acids is 3. The number of H-pyrrole nitrogens is 1. The van der Waals surface area contributed by atoms with Crippen molar-refractivity contribution < 1.29 is 29.4 Å². The van der Waals surface area contributed by atoms with Crippen molar-refractivity contribution >= 4 is 34.6 Å². The molecule has 4 atom stereocenters. The van der Waals surface area contributed by atoms with Crippen molar-refractivity contribution in [2.75, 3.05) is 6.54 Å². The summed E-state index contributed by atoms with van der Waals surface area (Å²) in [6.45, 7) is 0.750. The molecule has 0 spiro atoms. The van der Waals surface area contributed by atoms with E-state index in [-0.39, 0.29) is 12.8 Å². The molecule has 1 aromatic heterocycles. The molecule has 0 aliphatic rings. The Kier molecular flexibility index (Phi) is 9.36. The standard InChI is InChI=1S/C26H31N5O6/c1-15(32)23(27)26(37)31-21(12-17-13-28-19-10-6-5-9-18(17)19)25(36)30-20(24(35)29-14-22(33)34)11-16-7-3-2-4-8-16/h2-10,13,15,20-21,23,28,32H,11-12,14,27H2,1H3,(H,29,35)(H,30,36)(H,31,37)(H,33,34). The Balaban J connectivity index is 1.86. The lowest BCUT2D eigenvalue weighted by molar-refractivity contribution is -0.138. The van der Waals surface area contributed by atoms with Crippen LogP contribution < -0.4 is 21.7 Å². The Morgan fingerprint density at radius 1 is 0.892 bits per heavy atom. The van der Waals surface area contributed by atoms with Crippen molar-refractivity contribution in [3.8, 4) is 0 Å². The van der Waals surface area contributed by atoms with Crippen LogP contribution in [0.4, 0.5) is 0 Å². The fourth-order valence-electron chi connectivity index (χ4n) is 3.83. The molecule has 3 aromatic rings. The molecule has 37 heavy (non-hydrogen) atoms. The highest BCUT2D eigenvalue weighted by Gasteiger charge is 2.30. The second-order valence-corrected chi connectivity index (χ2v) is 8.75. The van der Waals surface area contributed by atoms with Gasteiger partial charge in [0.05, 0.1) is 6.10 Å². The number of aliphatic hydroxyl groups is 1. The van der Waals surface area contributed by atoms with E-state index in [1.54, 1.807) is 36.5 Å². The molecule has 4 unspecified atom stereocenters. The lowest BCUT2D eigenvalue weighted by atomic mass is 10.0. The number of carboxylic acid groups (broad SMARTS) is 1. The summed E-state index contributed by atoms with van der Waals surface area (Å²) in [5, 5.41) is 27.1. The van der Waals surface area contributed by atoms with E-state index >= 15 is 0 Å². The van der Waals surface area contributed by atoms with Gasteiger partial charge in [-0.1, -0.05) is 48.5 Å². The highest BCUT2D eigenvalue weighted by atomic mass is 16.4. The SMILES string of the molecule is CC(O)C(N)C(=O)NC(Cc1c[nH]c2ccccc12)C(=O)NC(Cc1ccccc1)C(=O)NCC(=O)O. The summed E-state index contributed by atoms with van der Waals surface area (Å²) in [7, 11) is 0.